The Labute approximate surface area is 183 Å². The Morgan fingerprint density at radius 1 is 1.12 bits per heavy atom. The number of thiazole rings is 1. The second-order valence-corrected chi connectivity index (χ2v) is 7.41. The zero-order valence-electron chi connectivity index (χ0n) is 16.5. The van der Waals surface area contributed by atoms with E-state index in [0.29, 0.717) is 21.8 Å². The molecule has 4 aromatic rings. The molecule has 1 N–H and O–H groups in total. The van der Waals surface area contributed by atoms with E-state index in [9.17, 15) is 23.1 Å². The van der Waals surface area contributed by atoms with Gasteiger partial charge in [-0.15, -0.1) is 24.5 Å². The quantitative estimate of drug-likeness (QED) is 0.443. The lowest BCUT2D eigenvalue weighted by atomic mass is 10.0. The van der Waals surface area contributed by atoms with Crippen LogP contribution in [-0.4, -0.2) is 28.0 Å². The molecule has 0 aliphatic heterocycles. The van der Waals surface area contributed by atoms with Gasteiger partial charge >= 0.3 is 6.36 Å². The Balaban J connectivity index is 1.82. The summed E-state index contributed by atoms with van der Waals surface area (Å²) in [5, 5.41) is 12.0. The number of rotatable bonds is 5. The number of aromatic hydroxyl groups is 1. The fourth-order valence-corrected chi connectivity index (χ4v) is 3.83. The topological polar surface area (TPSA) is 73.1 Å². The van der Waals surface area contributed by atoms with Crippen LogP contribution in [0.15, 0.2) is 58.8 Å². The van der Waals surface area contributed by atoms with Crippen molar-refractivity contribution in [3.05, 3.63) is 75.7 Å². The lowest BCUT2D eigenvalue weighted by Crippen LogP contribution is -2.18. The van der Waals surface area contributed by atoms with Crippen molar-refractivity contribution < 1.29 is 27.8 Å². The standard InChI is InChI=1S/C22H15F3N2O4S/c1-30-17-4-2-3-14(19(17)28)7-10-16-18(20(29)27-11-12-32-21(27)26-16)13-5-8-15(9-6-13)31-22(23,24)25/h2-12,28H,1H3. The predicted octanol–water partition coefficient (Wildman–Crippen LogP) is 5.21. The molecule has 0 saturated carbocycles. The van der Waals surface area contributed by atoms with Gasteiger partial charge in [-0.1, -0.05) is 24.3 Å². The molecule has 10 heteroatoms. The monoisotopic (exact) mass is 460 g/mol. The number of hydrogen-bond acceptors (Lipinski definition) is 6. The lowest BCUT2D eigenvalue weighted by molar-refractivity contribution is -0.274. The summed E-state index contributed by atoms with van der Waals surface area (Å²) in [5.41, 5.74) is 0.919. The van der Waals surface area contributed by atoms with E-state index in [0.717, 1.165) is 12.1 Å². The number of nitrogens with zero attached hydrogens (tertiary/aromatic N) is 2. The van der Waals surface area contributed by atoms with Crippen LogP contribution in [0.4, 0.5) is 13.2 Å². The molecule has 0 amide bonds. The number of methoxy groups -OCH3 is 1. The zero-order chi connectivity index (χ0) is 22.9. The Morgan fingerprint density at radius 3 is 2.56 bits per heavy atom. The average molecular weight is 460 g/mol. The van der Waals surface area contributed by atoms with Crippen molar-refractivity contribution in [1.29, 1.82) is 0 Å². The number of halogens is 3. The number of ether oxygens (including phenoxy) is 2. The molecule has 2 heterocycles. The summed E-state index contributed by atoms with van der Waals surface area (Å²) >= 11 is 1.26. The zero-order valence-corrected chi connectivity index (χ0v) is 17.3. The van der Waals surface area contributed by atoms with Crippen LogP contribution in [0.25, 0.3) is 28.2 Å². The minimum absolute atomic E-state index is 0.0737. The second kappa shape index (κ2) is 8.39. The van der Waals surface area contributed by atoms with Crippen LogP contribution in [-0.2, 0) is 0 Å². The molecule has 2 aromatic heterocycles. The third kappa shape index (κ3) is 4.30. The fourth-order valence-electron chi connectivity index (χ4n) is 3.12. The normalized spacial score (nSPS) is 11.9. The van der Waals surface area contributed by atoms with Gasteiger partial charge in [0.15, 0.2) is 16.5 Å². The van der Waals surface area contributed by atoms with Gasteiger partial charge in [0, 0.05) is 17.1 Å². The van der Waals surface area contributed by atoms with Gasteiger partial charge in [0.1, 0.15) is 5.75 Å². The number of hydrogen-bond donors (Lipinski definition) is 1. The van der Waals surface area contributed by atoms with Crippen molar-refractivity contribution in [2.24, 2.45) is 0 Å². The molecule has 0 spiro atoms. The van der Waals surface area contributed by atoms with Gasteiger partial charge in [-0.3, -0.25) is 9.20 Å². The third-order valence-corrected chi connectivity index (χ3v) is 5.30. The maximum Gasteiger partial charge on any atom is 0.573 e. The molecule has 2 aromatic carbocycles. The van der Waals surface area contributed by atoms with Gasteiger partial charge in [0.2, 0.25) is 0 Å². The van der Waals surface area contributed by atoms with Crippen molar-refractivity contribution in [2.75, 3.05) is 7.11 Å². The van der Waals surface area contributed by atoms with E-state index in [1.54, 1.807) is 41.9 Å². The number of benzene rings is 2. The lowest BCUT2D eigenvalue weighted by Gasteiger charge is -2.10. The highest BCUT2D eigenvalue weighted by molar-refractivity contribution is 7.15. The molecule has 0 saturated heterocycles. The number of alkyl halides is 3. The van der Waals surface area contributed by atoms with E-state index in [1.165, 1.54) is 35.0 Å². The summed E-state index contributed by atoms with van der Waals surface area (Å²) in [7, 11) is 1.43. The molecule has 0 bridgehead atoms. The molecule has 0 unspecified atom stereocenters. The van der Waals surface area contributed by atoms with Gasteiger partial charge in [-0.25, -0.2) is 4.98 Å². The van der Waals surface area contributed by atoms with Crippen molar-refractivity contribution in [3.8, 4) is 28.4 Å². The molecule has 6 nitrogen and oxygen atoms in total. The van der Waals surface area contributed by atoms with Crippen molar-refractivity contribution in [3.63, 3.8) is 0 Å². The summed E-state index contributed by atoms with van der Waals surface area (Å²) in [6.45, 7) is 0. The minimum atomic E-state index is -4.81. The highest BCUT2D eigenvalue weighted by Crippen LogP contribution is 2.32. The van der Waals surface area contributed by atoms with Crippen molar-refractivity contribution in [1.82, 2.24) is 9.38 Å². The van der Waals surface area contributed by atoms with Crippen LogP contribution >= 0.6 is 11.3 Å². The number of phenolic OH excluding ortho intramolecular Hbond substituents is 1. The molecule has 0 aliphatic rings. The molecule has 164 valence electrons. The van der Waals surface area contributed by atoms with Crippen molar-refractivity contribution in [2.45, 2.75) is 6.36 Å². The summed E-state index contributed by atoms with van der Waals surface area (Å²) in [6, 6.07) is 9.94. The average Bonchev–Trinajstić information content (AvgIpc) is 3.22. The van der Waals surface area contributed by atoms with Crippen LogP contribution in [0.1, 0.15) is 11.3 Å². The van der Waals surface area contributed by atoms with E-state index in [4.69, 9.17) is 4.74 Å². The SMILES string of the molecule is COc1cccc(C=Cc2nc3sccn3c(=O)c2-c2ccc(OC(F)(F)F)cc2)c1O. The van der Waals surface area contributed by atoms with E-state index < -0.39 is 12.1 Å². The summed E-state index contributed by atoms with van der Waals surface area (Å²) < 4.78 is 47.7. The highest BCUT2D eigenvalue weighted by Gasteiger charge is 2.31. The summed E-state index contributed by atoms with van der Waals surface area (Å²) in [6.07, 6.45) is -0.106. The first-order valence-corrected chi connectivity index (χ1v) is 10.0. The molecule has 0 aliphatic carbocycles. The maximum atomic E-state index is 13.1. The number of para-hydroxylation sites is 1. The largest absolute Gasteiger partial charge is 0.573 e. The first kappa shape index (κ1) is 21.4. The number of aromatic nitrogens is 2. The molecule has 0 atom stereocenters. The van der Waals surface area contributed by atoms with E-state index >= 15 is 0 Å². The van der Waals surface area contributed by atoms with E-state index in [2.05, 4.69) is 9.72 Å². The van der Waals surface area contributed by atoms with E-state index in [1.807, 2.05) is 0 Å². The smallest absolute Gasteiger partial charge is 0.504 e. The van der Waals surface area contributed by atoms with Gasteiger partial charge in [0.05, 0.1) is 18.4 Å². The highest BCUT2D eigenvalue weighted by atomic mass is 32.1. The molecule has 0 radical (unpaired) electrons. The van der Waals surface area contributed by atoms with Crippen LogP contribution in [0, 0.1) is 0 Å². The van der Waals surface area contributed by atoms with Gasteiger partial charge < -0.3 is 14.6 Å². The first-order valence-electron chi connectivity index (χ1n) is 9.17. The van der Waals surface area contributed by atoms with Crippen LogP contribution in [0.2, 0.25) is 0 Å². The second-order valence-electron chi connectivity index (χ2n) is 6.54. The molecular weight excluding hydrogens is 445 g/mol. The van der Waals surface area contributed by atoms with Crippen LogP contribution in [0.5, 0.6) is 17.2 Å². The Morgan fingerprint density at radius 2 is 1.88 bits per heavy atom. The third-order valence-electron chi connectivity index (χ3n) is 4.54. The predicted molar refractivity (Wildman–Crippen MR) is 115 cm³/mol. The molecular formula is C22H15F3N2O4S. The van der Waals surface area contributed by atoms with Crippen LogP contribution < -0.4 is 15.0 Å². The Kier molecular flexibility index (Phi) is 5.62. The molecule has 4 rings (SSSR count). The van der Waals surface area contributed by atoms with Gasteiger partial charge in [-0.05, 0) is 35.9 Å². The molecule has 32 heavy (non-hydrogen) atoms. The van der Waals surface area contributed by atoms with E-state index in [-0.39, 0.29) is 22.6 Å². The first-order chi connectivity index (χ1) is 15.3. The number of phenols is 1. The number of fused-ring (bicyclic) bond motifs is 1. The maximum absolute atomic E-state index is 13.1. The molecule has 0 fully saturated rings. The van der Waals surface area contributed by atoms with Gasteiger partial charge in [0.25, 0.3) is 5.56 Å². The summed E-state index contributed by atoms with van der Waals surface area (Å²) in [4.78, 5) is 18.1. The van der Waals surface area contributed by atoms with Gasteiger partial charge in [-0.2, -0.15) is 0 Å². The minimum Gasteiger partial charge on any atom is -0.504 e. The fraction of sp³-hybridized carbons (Fsp3) is 0.0909. The summed E-state index contributed by atoms with van der Waals surface area (Å²) in [5.74, 6) is -0.186. The Hall–Kier alpha value is -3.79. The Bertz CT molecular complexity index is 1360. The van der Waals surface area contributed by atoms with Crippen LogP contribution in [0.3, 0.4) is 0 Å². The van der Waals surface area contributed by atoms with Crippen molar-refractivity contribution >= 4 is 28.4 Å².